The van der Waals surface area contributed by atoms with Crippen molar-refractivity contribution in [2.45, 2.75) is 77.9 Å². The Morgan fingerprint density at radius 2 is 1.67 bits per heavy atom. The minimum atomic E-state index is -0.662. The summed E-state index contributed by atoms with van der Waals surface area (Å²) in [5.41, 5.74) is 1.59. The second kappa shape index (κ2) is 13.8. The summed E-state index contributed by atoms with van der Waals surface area (Å²) >= 11 is 12.8. The zero-order valence-corrected chi connectivity index (χ0v) is 22.8. The number of hydrogen-bond acceptors (Lipinski definition) is 4. The van der Waals surface area contributed by atoms with Crippen LogP contribution < -0.4 is 14.8 Å². The molecular weight excluding hydrogens is 499 g/mol. The molecule has 2 aromatic rings. The molecule has 0 spiro atoms. The van der Waals surface area contributed by atoms with Gasteiger partial charge in [-0.2, -0.15) is 0 Å². The van der Waals surface area contributed by atoms with Crippen molar-refractivity contribution in [1.82, 2.24) is 10.2 Å². The van der Waals surface area contributed by atoms with Crippen LogP contribution in [-0.2, 0) is 22.6 Å². The molecule has 1 atom stereocenters. The molecular formula is C28H36Cl2N2O4. The van der Waals surface area contributed by atoms with E-state index in [4.69, 9.17) is 32.7 Å². The Labute approximate surface area is 224 Å². The van der Waals surface area contributed by atoms with Crippen molar-refractivity contribution in [1.29, 1.82) is 0 Å². The Hall–Kier alpha value is -2.44. The highest BCUT2D eigenvalue weighted by Crippen LogP contribution is 2.30. The lowest BCUT2D eigenvalue weighted by Gasteiger charge is -2.30. The smallest absolute Gasteiger partial charge is 0.242 e. The first-order chi connectivity index (χ1) is 17.3. The highest BCUT2D eigenvalue weighted by molar-refractivity contribution is 6.36. The number of amides is 2. The number of rotatable bonds is 12. The Morgan fingerprint density at radius 3 is 2.31 bits per heavy atom. The minimum Gasteiger partial charge on any atom is -0.490 e. The summed E-state index contributed by atoms with van der Waals surface area (Å²) in [5.74, 6) is 1.04. The van der Waals surface area contributed by atoms with Crippen molar-refractivity contribution in [3.63, 3.8) is 0 Å². The summed E-state index contributed by atoms with van der Waals surface area (Å²) in [6.45, 7) is 6.82. The predicted octanol–water partition coefficient (Wildman–Crippen LogP) is 6.20. The summed E-state index contributed by atoms with van der Waals surface area (Å²) in [4.78, 5) is 28.2. The molecule has 1 saturated carbocycles. The molecule has 0 saturated heterocycles. The van der Waals surface area contributed by atoms with Gasteiger partial charge in [0.1, 0.15) is 6.04 Å². The van der Waals surface area contributed by atoms with Crippen LogP contribution in [0.4, 0.5) is 0 Å². The van der Waals surface area contributed by atoms with Crippen LogP contribution >= 0.6 is 23.2 Å². The van der Waals surface area contributed by atoms with Gasteiger partial charge in [0.25, 0.3) is 0 Å². The van der Waals surface area contributed by atoms with Crippen LogP contribution in [0.25, 0.3) is 0 Å². The molecule has 196 valence electrons. The fraction of sp³-hybridized carbons (Fsp3) is 0.500. The van der Waals surface area contributed by atoms with Gasteiger partial charge in [0.2, 0.25) is 11.8 Å². The zero-order valence-electron chi connectivity index (χ0n) is 21.3. The normalized spacial score (nSPS) is 14.4. The molecule has 3 rings (SSSR count). The van der Waals surface area contributed by atoms with Crippen LogP contribution in [0.2, 0.25) is 10.0 Å². The molecule has 1 aliphatic carbocycles. The Morgan fingerprint density at radius 1 is 1.03 bits per heavy atom. The van der Waals surface area contributed by atoms with E-state index in [1.54, 1.807) is 30.0 Å². The minimum absolute atomic E-state index is 0.146. The molecule has 2 amide bonds. The number of carbonyl (C=O) groups is 2. The van der Waals surface area contributed by atoms with E-state index in [0.29, 0.717) is 46.7 Å². The van der Waals surface area contributed by atoms with Crippen molar-refractivity contribution in [2.24, 2.45) is 0 Å². The van der Waals surface area contributed by atoms with Crippen LogP contribution in [0.15, 0.2) is 36.4 Å². The van der Waals surface area contributed by atoms with Gasteiger partial charge in [0.05, 0.1) is 13.2 Å². The SMILES string of the molecule is CCOc1ccc(CCC(=O)N(Cc2c(Cl)cccc2Cl)[C@@H](C)C(=O)NC2CCCC2)cc1OCC. The van der Waals surface area contributed by atoms with Crippen molar-refractivity contribution in [3.8, 4) is 11.5 Å². The number of ether oxygens (including phenoxy) is 2. The molecule has 2 aromatic carbocycles. The summed E-state index contributed by atoms with van der Waals surface area (Å²) in [5, 5.41) is 4.05. The molecule has 0 unspecified atom stereocenters. The maximum atomic E-state index is 13.5. The predicted molar refractivity (Wildman–Crippen MR) is 144 cm³/mol. The first-order valence-corrected chi connectivity index (χ1v) is 13.5. The lowest BCUT2D eigenvalue weighted by Crippen LogP contribution is -2.49. The van der Waals surface area contributed by atoms with E-state index < -0.39 is 6.04 Å². The lowest BCUT2D eigenvalue weighted by atomic mass is 10.1. The Kier molecular flexibility index (Phi) is 10.7. The average Bonchev–Trinajstić information content (AvgIpc) is 3.37. The molecule has 1 aliphatic rings. The van der Waals surface area contributed by atoms with E-state index in [-0.39, 0.29) is 30.8 Å². The van der Waals surface area contributed by atoms with Gasteiger partial charge >= 0.3 is 0 Å². The number of carbonyl (C=O) groups excluding carboxylic acids is 2. The Bertz CT molecular complexity index is 1020. The topological polar surface area (TPSA) is 67.9 Å². The molecule has 6 nitrogen and oxygen atoms in total. The van der Waals surface area contributed by atoms with Crippen LogP contribution in [0.3, 0.4) is 0 Å². The number of benzene rings is 2. The summed E-state index contributed by atoms with van der Waals surface area (Å²) in [6.07, 6.45) is 4.90. The standard InChI is InChI=1S/C28H36Cl2N2O4/c1-4-35-25-15-13-20(17-26(25)36-5-2)14-16-27(33)32(18-22-23(29)11-8-12-24(22)30)19(3)28(34)31-21-9-6-7-10-21/h8,11-13,15,17,19,21H,4-7,9-10,14,16,18H2,1-3H3,(H,31,34)/t19-/m0/s1. The maximum Gasteiger partial charge on any atom is 0.242 e. The molecule has 0 bridgehead atoms. The third-order valence-corrected chi connectivity index (χ3v) is 7.20. The molecule has 0 heterocycles. The quantitative estimate of drug-likeness (QED) is 0.352. The van der Waals surface area contributed by atoms with Gasteiger partial charge in [-0.25, -0.2) is 0 Å². The van der Waals surface area contributed by atoms with Crippen molar-refractivity contribution >= 4 is 35.0 Å². The van der Waals surface area contributed by atoms with Crippen LogP contribution in [0.1, 0.15) is 64.0 Å². The van der Waals surface area contributed by atoms with E-state index in [1.807, 2.05) is 32.0 Å². The van der Waals surface area contributed by atoms with Gasteiger partial charge < -0.3 is 19.7 Å². The van der Waals surface area contributed by atoms with E-state index in [9.17, 15) is 9.59 Å². The number of hydrogen-bond donors (Lipinski definition) is 1. The van der Waals surface area contributed by atoms with Gasteiger partial charge in [0, 0.05) is 34.6 Å². The highest BCUT2D eigenvalue weighted by atomic mass is 35.5. The summed E-state index contributed by atoms with van der Waals surface area (Å²) < 4.78 is 11.4. The lowest BCUT2D eigenvalue weighted by molar-refractivity contribution is -0.140. The van der Waals surface area contributed by atoms with E-state index in [2.05, 4.69) is 5.32 Å². The molecule has 1 fully saturated rings. The first-order valence-electron chi connectivity index (χ1n) is 12.7. The van der Waals surface area contributed by atoms with E-state index in [1.165, 1.54) is 0 Å². The highest BCUT2D eigenvalue weighted by Gasteiger charge is 2.29. The Balaban J connectivity index is 1.77. The summed E-state index contributed by atoms with van der Waals surface area (Å²) in [7, 11) is 0. The van der Waals surface area contributed by atoms with Gasteiger partial charge in [-0.1, -0.05) is 48.2 Å². The molecule has 36 heavy (non-hydrogen) atoms. The van der Waals surface area contributed by atoms with Crippen molar-refractivity contribution in [2.75, 3.05) is 13.2 Å². The average molecular weight is 536 g/mol. The third-order valence-electron chi connectivity index (χ3n) is 6.49. The van der Waals surface area contributed by atoms with Crippen LogP contribution in [0.5, 0.6) is 11.5 Å². The number of nitrogens with zero attached hydrogens (tertiary/aromatic N) is 1. The number of halogens is 2. The fourth-order valence-electron chi connectivity index (χ4n) is 4.47. The number of nitrogens with one attached hydrogen (secondary N) is 1. The van der Waals surface area contributed by atoms with E-state index >= 15 is 0 Å². The molecule has 0 aliphatic heterocycles. The molecule has 0 aromatic heterocycles. The van der Waals surface area contributed by atoms with Crippen LogP contribution in [-0.4, -0.2) is 42.0 Å². The monoisotopic (exact) mass is 534 g/mol. The van der Waals surface area contributed by atoms with Gasteiger partial charge in [0.15, 0.2) is 11.5 Å². The third kappa shape index (κ3) is 7.53. The van der Waals surface area contributed by atoms with Crippen molar-refractivity contribution < 1.29 is 19.1 Å². The second-order valence-corrected chi connectivity index (χ2v) is 9.85. The fourth-order valence-corrected chi connectivity index (χ4v) is 4.99. The summed E-state index contributed by atoms with van der Waals surface area (Å²) in [6, 6.07) is 10.5. The molecule has 1 N–H and O–H groups in total. The van der Waals surface area contributed by atoms with Gasteiger partial charge in [-0.15, -0.1) is 0 Å². The maximum absolute atomic E-state index is 13.5. The second-order valence-electron chi connectivity index (χ2n) is 9.03. The largest absolute Gasteiger partial charge is 0.490 e. The molecule has 8 heteroatoms. The van der Waals surface area contributed by atoms with Gasteiger partial charge in [-0.3, -0.25) is 9.59 Å². The van der Waals surface area contributed by atoms with Crippen molar-refractivity contribution in [3.05, 3.63) is 57.6 Å². The molecule has 0 radical (unpaired) electrons. The van der Waals surface area contributed by atoms with Gasteiger partial charge in [-0.05, 0) is 69.9 Å². The van der Waals surface area contributed by atoms with E-state index in [0.717, 1.165) is 31.2 Å². The zero-order chi connectivity index (χ0) is 26.1. The first kappa shape index (κ1) is 28.1. The van der Waals surface area contributed by atoms with Crippen LogP contribution in [0, 0.1) is 0 Å². The number of aryl methyl sites for hydroxylation is 1.